The molecule has 0 saturated carbocycles. The summed E-state index contributed by atoms with van der Waals surface area (Å²) in [7, 11) is 0. The lowest BCUT2D eigenvalue weighted by molar-refractivity contribution is 0.0164. The predicted molar refractivity (Wildman–Crippen MR) is 78.8 cm³/mol. The maximum Gasteiger partial charge on any atom is 0.167 e. The van der Waals surface area contributed by atoms with Crippen LogP contribution in [0.3, 0.4) is 0 Å². The van der Waals surface area contributed by atoms with Crippen molar-refractivity contribution in [2.24, 2.45) is 5.16 Å². The number of hydrogen-bond donors (Lipinski definition) is 1. The van der Waals surface area contributed by atoms with Crippen molar-refractivity contribution in [3.63, 3.8) is 0 Å². The monoisotopic (exact) mass is 401 g/mol. The van der Waals surface area contributed by atoms with Crippen molar-refractivity contribution in [1.29, 1.82) is 0 Å². The van der Waals surface area contributed by atoms with Gasteiger partial charge in [0.1, 0.15) is 9.87 Å². The highest BCUT2D eigenvalue weighted by Crippen LogP contribution is 2.36. The first-order chi connectivity index (χ1) is 10.2. The second kappa shape index (κ2) is 6.37. The molecule has 2 rings (SSSR count). The molecule has 0 amide bonds. The van der Waals surface area contributed by atoms with Crippen molar-refractivity contribution in [3.05, 3.63) is 34.4 Å². The zero-order valence-corrected chi connectivity index (χ0v) is 14.0. The number of oxime groups is 1. The van der Waals surface area contributed by atoms with E-state index >= 15 is 0 Å². The molecule has 1 N–H and O–H groups in total. The summed E-state index contributed by atoms with van der Waals surface area (Å²) < 4.78 is 54.8. The molecule has 1 aliphatic heterocycles. The van der Waals surface area contributed by atoms with Crippen molar-refractivity contribution in [2.75, 3.05) is 0 Å². The van der Waals surface area contributed by atoms with Gasteiger partial charge in [-0.25, -0.2) is 17.6 Å². The van der Waals surface area contributed by atoms with Gasteiger partial charge in [-0.1, -0.05) is 21.1 Å². The molecule has 1 heterocycles. The maximum atomic E-state index is 13.8. The quantitative estimate of drug-likeness (QED) is 0.475. The summed E-state index contributed by atoms with van der Waals surface area (Å²) >= 11 is 4.25. The lowest BCUT2D eigenvalue weighted by Gasteiger charge is -2.19. The number of benzene rings is 1. The summed E-state index contributed by atoms with van der Waals surface area (Å²) in [6.45, 7) is 2.40. The van der Waals surface area contributed by atoms with Crippen LogP contribution >= 0.6 is 27.7 Å². The molecule has 1 aromatic carbocycles. The smallest absolute Gasteiger partial charge is 0.167 e. The molecule has 0 bridgehead atoms. The Labute approximate surface area is 136 Å². The number of aliphatic hydroxyl groups is 1. The van der Waals surface area contributed by atoms with E-state index in [4.69, 9.17) is 9.94 Å². The Morgan fingerprint density at radius 1 is 1.14 bits per heavy atom. The number of aliphatic hydroxyl groups excluding tert-OH is 1. The highest BCUT2D eigenvalue weighted by Gasteiger charge is 2.40. The Morgan fingerprint density at radius 2 is 1.64 bits per heavy atom. The Kier molecular flexibility index (Phi) is 5.08. The molecule has 1 aromatic rings. The van der Waals surface area contributed by atoms with Crippen LogP contribution in [0.15, 0.2) is 5.16 Å². The summed E-state index contributed by atoms with van der Waals surface area (Å²) in [6.07, 6.45) is 0. The molecule has 122 valence electrons. The second-order valence-corrected chi connectivity index (χ2v) is 7.06. The second-order valence-electron chi connectivity index (χ2n) is 5.15. The number of thioether (sulfide) groups is 1. The molecule has 0 aliphatic carbocycles. The van der Waals surface area contributed by atoms with Crippen LogP contribution in [0.1, 0.15) is 25.0 Å². The van der Waals surface area contributed by atoms with Gasteiger partial charge < -0.3 is 9.94 Å². The predicted octanol–water partition coefficient (Wildman–Crippen LogP) is 3.85. The number of alkyl halides is 1. The van der Waals surface area contributed by atoms with E-state index in [0.29, 0.717) is 5.04 Å². The first-order valence-corrected chi connectivity index (χ1v) is 8.08. The van der Waals surface area contributed by atoms with Crippen LogP contribution in [0, 0.1) is 23.3 Å². The fraction of sp³-hybridized carbons (Fsp3) is 0.462. The van der Waals surface area contributed by atoms with Crippen LogP contribution in [-0.2, 0) is 17.2 Å². The van der Waals surface area contributed by atoms with Gasteiger partial charge in [0.2, 0.25) is 0 Å². The van der Waals surface area contributed by atoms with Gasteiger partial charge in [-0.2, -0.15) is 0 Å². The minimum atomic E-state index is -1.59. The maximum absolute atomic E-state index is 13.8. The van der Waals surface area contributed by atoms with Crippen molar-refractivity contribution in [1.82, 2.24) is 0 Å². The largest absolute Gasteiger partial charge is 0.391 e. The van der Waals surface area contributed by atoms with E-state index in [1.54, 1.807) is 13.8 Å². The molecule has 1 atom stereocenters. The van der Waals surface area contributed by atoms with Gasteiger partial charge in [0.15, 0.2) is 28.9 Å². The van der Waals surface area contributed by atoms with Gasteiger partial charge in [-0.15, -0.1) is 11.8 Å². The highest BCUT2D eigenvalue weighted by molar-refractivity contribution is 9.10. The number of nitrogens with zero attached hydrogens (tertiary/aromatic N) is 1. The Hall–Kier alpha value is -0.800. The molecule has 22 heavy (non-hydrogen) atoms. The van der Waals surface area contributed by atoms with Gasteiger partial charge >= 0.3 is 0 Å². The van der Waals surface area contributed by atoms with Crippen LogP contribution in [0.5, 0.6) is 0 Å². The van der Waals surface area contributed by atoms with Gasteiger partial charge in [0.05, 0.1) is 12.2 Å². The number of hydrogen-bond acceptors (Lipinski definition) is 4. The van der Waals surface area contributed by atoms with Crippen molar-refractivity contribution < 1.29 is 27.5 Å². The first-order valence-electron chi connectivity index (χ1n) is 6.18. The third-order valence-electron chi connectivity index (χ3n) is 3.17. The summed E-state index contributed by atoms with van der Waals surface area (Å²) in [5.41, 5.74) is -2.40. The summed E-state index contributed by atoms with van der Waals surface area (Å²) in [5, 5.41) is 13.0. The van der Waals surface area contributed by atoms with E-state index in [-0.39, 0.29) is 10.6 Å². The van der Waals surface area contributed by atoms with Crippen LogP contribution in [0.25, 0.3) is 0 Å². The molecular weight excluding hydrogens is 390 g/mol. The average Bonchev–Trinajstić information content (AvgIpc) is 2.72. The molecule has 0 radical (unpaired) electrons. The van der Waals surface area contributed by atoms with Gasteiger partial charge in [0.25, 0.3) is 0 Å². The zero-order valence-electron chi connectivity index (χ0n) is 11.6. The molecule has 0 spiro atoms. The van der Waals surface area contributed by atoms with Gasteiger partial charge in [-0.3, -0.25) is 0 Å². The lowest BCUT2D eigenvalue weighted by atomic mass is 10.1. The fourth-order valence-electron chi connectivity index (χ4n) is 1.79. The van der Waals surface area contributed by atoms with Crippen molar-refractivity contribution >= 4 is 32.7 Å². The molecule has 9 heteroatoms. The van der Waals surface area contributed by atoms with Crippen LogP contribution < -0.4 is 0 Å². The summed E-state index contributed by atoms with van der Waals surface area (Å²) in [5.74, 6) is -6.56. The third-order valence-corrected chi connectivity index (χ3v) is 6.04. The molecule has 1 unspecified atom stereocenters. The minimum absolute atomic E-state index is 0.303. The topological polar surface area (TPSA) is 41.8 Å². The number of halogens is 5. The first kappa shape index (κ1) is 17.6. The van der Waals surface area contributed by atoms with E-state index < -0.39 is 46.6 Å². The Morgan fingerprint density at radius 3 is 2.05 bits per heavy atom. The lowest BCUT2D eigenvalue weighted by Crippen LogP contribution is -2.32. The van der Waals surface area contributed by atoms with Crippen LogP contribution in [0.2, 0.25) is 0 Å². The van der Waals surface area contributed by atoms with E-state index in [0.717, 1.165) is 11.8 Å². The van der Waals surface area contributed by atoms with Gasteiger partial charge in [0, 0.05) is 11.3 Å². The van der Waals surface area contributed by atoms with E-state index in [2.05, 4.69) is 21.1 Å². The van der Waals surface area contributed by atoms with Crippen molar-refractivity contribution in [3.8, 4) is 0 Å². The molecule has 0 saturated heterocycles. The third kappa shape index (κ3) is 2.98. The molecule has 3 nitrogen and oxygen atoms in total. The highest BCUT2D eigenvalue weighted by atomic mass is 79.9. The molecule has 0 aromatic heterocycles. The van der Waals surface area contributed by atoms with Crippen LogP contribution in [-0.4, -0.2) is 20.6 Å². The standard InChI is InChI=1S/C13H12BrF4NO2S/c1-13(2)11(14)12(19-21-13)22-4-6-9(17)7(15)5(3-20)8(16)10(6)18/h11,20H,3-4H2,1-2H3. The van der Waals surface area contributed by atoms with Crippen molar-refractivity contribution in [2.45, 2.75) is 36.6 Å². The van der Waals surface area contributed by atoms with E-state index in [9.17, 15) is 17.6 Å². The Balaban J connectivity index is 2.25. The molecule has 1 aliphatic rings. The Bertz CT molecular complexity index is 610. The summed E-state index contributed by atoms with van der Waals surface area (Å²) in [6, 6.07) is 0. The van der Waals surface area contributed by atoms with E-state index in [1.807, 2.05) is 0 Å². The minimum Gasteiger partial charge on any atom is -0.391 e. The molecule has 0 fully saturated rings. The average molecular weight is 402 g/mol. The van der Waals surface area contributed by atoms with Gasteiger partial charge in [-0.05, 0) is 13.8 Å². The zero-order chi connectivity index (χ0) is 16.7. The summed E-state index contributed by atoms with van der Waals surface area (Å²) in [4.78, 5) is 4.85. The normalized spacial score (nSPS) is 20.0. The fourth-order valence-corrected chi connectivity index (χ4v) is 3.42. The van der Waals surface area contributed by atoms with E-state index in [1.165, 1.54) is 0 Å². The van der Waals surface area contributed by atoms with Crippen LogP contribution in [0.4, 0.5) is 17.6 Å². The SMILES string of the molecule is CC1(C)ON=C(SCc2c(F)c(F)c(CO)c(F)c2F)C1Br. The molecular formula is C13H12BrF4NO2S. The number of rotatable bonds is 3.